The highest BCUT2D eigenvalue weighted by Crippen LogP contribution is 2.47. The minimum atomic E-state index is -0.372. The second-order valence-corrected chi connectivity index (χ2v) is 7.19. The largest absolute Gasteiger partial charge is 0.310 e. The van der Waals surface area contributed by atoms with Gasteiger partial charge in [-0.3, -0.25) is 9.78 Å². The molecule has 0 radical (unpaired) electrons. The molecule has 0 aromatic carbocycles. The van der Waals surface area contributed by atoms with Gasteiger partial charge >= 0.3 is 0 Å². The van der Waals surface area contributed by atoms with Gasteiger partial charge in [-0.15, -0.1) is 0 Å². The minimum absolute atomic E-state index is 0.160. The smallest absolute Gasteiger partial charge is 0.261 e. The number of amides is 1. The number of aryl methyl sites for hydroxylation is 1. The molecule has 1 amide bonds. The monoisotopic (exact) mass is 372 g/mol. The highest BCUT2D eigenvalue weighted by molar-refractivity contribution is 6.06. The average molecular weight is 372 g/mol. The number of aromatic nitrogens is 4. The molecule has 1 saturated carbocycles. The molecule has 3 aromatic rings. The third-order valence-electron chi connectivity index (χ3n) is 5.35. The first-order valence-electron chi connectivity index (χ1n) is 9.08. The van der Waals surface area contributed by atoms with E-state index in [9.17, 15) is 10.1 Å². The standard InChI is InChI=1S/C21H20N6O/c1-14-9-16(21(13-22)6-7-21)10-24-19(14)27-15(2)18(12-25-27)20(28)26(3)17-5-4-8-23-11-17/h4-5,8-12H,6-7H2,1-3H3. The van der Waals surface area contributed by atoms with Crippen LogP contribution in [0.3, 0.4) is 0 Å². The van der Waals surface area contributed by atoms with Crippen LogP contribution in [0, 0.1) is 25.2 Å². The first kappa shape index (κ1) is 17.9. The van der Waals surface area contributed by atoms with Crippen LogP contribution in [-0.2, 0) is 5.41 Å². The Balaban J connectivity index is 1.66. The number of hydrogen-bond acceptors (Lipinski definition) is 5. The van der Waals surface area contributed by atoms with Gasteiger partial charge in [0.15, 0.2) is 5.82 Å². The second-order valence-electron chi connectivity index (χ2n) is 7.19. The van der Waals surface area contributed by atoms with E-state index in [0.717, 1.165) is 24.0 Å². The molecule has 28 heavy (non-hydrogen) atoms. The van der Waals surface area contributed by atoms with Gasteiger partial charge in [0.1, 0.15) is 0 Å². The van der Waals surface area contributed by atoms with Gasteiger partial charge in [-0.05, 0) is 56.0 Å². The lowest BCUT2D eigenvalue weighted by molar-refractivity contribution is 0.0992. The summed E-state index contributed by atoms with van der Waals surface area (Å²) in [6, 6.07) is 8.02. The van der Waals surface area contributed by atoms with Gasteiger partial charge in [0.05, 0.1) is 40.8 Å². The summed E-state index contributed by atoms with van der Waals surface area (Å²) < 4.78 is 1.68. The summed E-state index contributed by atoms with van der Waals surface area (Å²) in [5.74, 6) is 0.505. The molecule has 3 heterocycles. The van der Waals surface area contributed by atoms with E-state index in [-0.39, 0.29) is 11.3 Å². The van der Waals surface area contributed by atoms with Crippen molar-refractivity contribution in [3.63, 3.8) is 0 Å². The predicted molar refractivity (Wildman–Crippen MR) is 104 cm³/mol. The highest BCUT2D eigenvalue weighted by atomic mass is 16.2. The van der Waals surface area contributed by atoms with E-state index < -0.39 is 0 Å². The summed E-state index contributed by atoms with van der Waals surface area (Å²) in [6.07, 6.45) is 8.39. The van der Waals surface area contributed by atoms with Gasteiger partial charge in [0.2, 0.25) is 0 Å². The fourth-order valence-electron chi connectivity index (χ4n) is 3.32. The van der Waals surface area contributed by atoms with Crippen LogP contribution >= 0.6 is 0 Å². The van der Waals surface area contributed by atoms with E-state index in [2.05, 4.69) is 21.1 Å². The van der Waals surface area contributed by atoms with E-state index in [1.54, 1.807) is 47.5 Å². The Labute approximate surface area is 163 Å². The van der Waals surface area contributed by atoms with Crippen LogP contribution in [0.1, 0.15) is 40.0 Å². The molecule has 7 nitrogen and oxygen atoms in total. The molecule has 4 rings (SSSR count). The van der Waals surface area contributed by atoms with Gasteiger partial charge < -0.3 is 4.90 Å². The van der Waals surface area contributed by atoms with Crippen LogP contribution in [0.2, 0.25) is 0 Å². The summed E-state index contributed by atoms with van der Waals surface area (Å²) in [4.78, 5) is 23.1. The van der Waals surface area contributed by atoms with E-state index in [0.29, 0.717) is 22.8 Å². The fourth-order valence-corrected chi connectivity index (χ4v) is 3.32. The molecular weight excluding hydrogens is 352 g/mol. The maximum absolute atomic E-state index is 12.9. The Morgan fingerprint density at radius 3 is 2.68 bits per heavy atom. The lowest BCUT2D eigenvalue weighted by Gasteiger charge is -2.16. The zero-order valence-electron chi connectivity index (χ0n) is 16.0. The van der Waals surface area contributed by atoms with Crippen molar-refractivity contribution in [1.29, 1.82) is 5.26 Å². The van der Waals surface area contributed by atoms with Crippen molar-refractivity contribution in [3.8, 4) is 11.9 Å². The number of carbonyl (C=O) groups excluding carboxylic acids is 1. The third-order valence-corrected chi connectivity index (χ3v) is 5.35. The highest BCUT2D eigenvalue weighted by Gasteiger charge is 2.45. The number of anilines is 1. The van der Waals surface area contributed by atoms with Gasteiger partial charge in [0, 0.05) is 19.4 Å². The van der Waals surface area contributed by atoms with Crippen LogP contribution in [0.25, 0.3) is 5.82 Å². The molecule has 1 aliphatic rings. The number of rotatable bonds is 4. The summed E-state index contributed by atoms with van der Waals surface area (Å²) in [7, 11) is 1.71. The van der Waals surface area contributed by atoms with E-state index in [1.165, 1.54) is 0 Å². The van der Waals surface area contributed by atoms with Crippen molar-refractivity contribution in [2.75, 3.05) is 11.9 Å². The van der Waals surface area contributed by atoms with Gasteiger partial charge in [0.25, 0.3) is 5.91 Å². The van der Waals surface area contributed by atoms with Crippen LogP contribution in [0.4, 0.5) is 5.69 Å². The zero-order chi connectivity index (χ0) is 19.9. The van der Waals surface area contributed by atoms with E-state index in [4.69, 9.17) is 0 Å². The topological polar surface area (TPSA) is 87.7 Å². The SMILES string of the molecule is Cc1cc(C2(C#N)CC2)cnc1-n1ncc(C(=O)N(C)c2cccnc2)c1C. The Kier molecular flexibility index (Phi) is 4.19. The first-order valence-corrected chi connectivity index (χ1v) is 9.08. The molecule has 0 spiro atoms. The van der Waals surface area contributed by atoms with Gasteiger partial charge in [-0.2, -0.15) is 10.4 Å². The molecule has 0 unspecified atom stereocenters. The first-order chi connectivity index (χ1) is 13.5. The van der Waals surface area contributed by atoms with Crippen LogP contribution in [-0.4, -0.2) is 32.7 Å². The summed E-state index contributed by atoms with van der Waals surface area (Å²) in [5, 5.41) is 13.8. The number of nitriles is 1. The number of carbonyl (C=O) groups is 1. The van der Waals surface area contributed by atoms with Crippen molar-refractivity contribution in [3.05, 3.63) is 65.4 Å². The maximum atomic E-state index is 12.9. The molecular formula is C21H20N6O. The third kappa shape index (κ3) is 2.83. The fraction of sp³-hybridized carbons (Fsp3) is 0.286. The Morgan fingerprint density at radius 1 is 1.29 bits per heavy atom. The molecule has 1 aliphatic carbocycles. The maximum Gasteiger partial charge on any atom is 0.261 e. The zero-order valence-corrected chi connectivity index (χ0v) is 16.0. The van der Waals surface area contributed by atoms with Crippen LogP contribution in [0.15, 0.2) is 43.0 Å². The van der Waals surface area contributed by atoms with E-state index in [1.807, 2.05) is 26.0 Å². The normalized spacial score (nSPS) is 14.4. The van der Waals surface area contributed by atoms with Crippen molar-refractivity contribution >= 4 is 11.6 Å². The van der Waals surface area contributed by atoms with E-state index >= 15 is 0 Å². The molecule has 0 bridgehead atoms. The summed E-state index contributed by atoms with van der Waals surface area (Å²) in [6.45, 7) is 3.80. The lowest BCUT2D eigenvalue weighted by atomic mass is 9.98. The van der Waals surface area contributed by atoms with Crippen molar-refractivity contribution < 1.29 is 4.79 Å². The summed E-state index contributed by atoms with van der Waals surface area (Å²) >= 11 is 0. The number of nitrogens with zero attached hydrogens (tertiary/aromatic N) is 6. The predicted octanol–water partition coefficient (Wildman–Crippen LogP) is 3.11. The molecule has 0 saturated heterocycles. The molecule has 0 N–H and O–H groups in total. The quantitative estimate of drug-likeness (QED) is 0.702. The van der Waals surface area contributed by atoms with Crippen LogP contribution in [0.5, 0.6) is 0 Å². The van der Waals surface area contributed by atoms with Crippen molar-refractivity contribution in [2.45, 2.75) is 32.1 Å². The number of hydrogen-bond donors (Lipinski definition) is 0. The van der Waals surface area contributed by atoms with Gasteiger partial charge in [-0.25, -0.2) is 9.67 Å². The molecule has 7 heteroatoms. The lowest BCUT2D eigenvalue weighted by Crippen LogP contribution is -2.26. The Bertz CT molecular complexity index is 1090. The van der Waals surface area contributed by atoms with Crippen molar-refractivity contribution in [2.24, 2.45) is 0 Å². The Morgan fingerprint density at radius 2 is 2.07 bits per heavy atom. The second kappa shape index (κ2) is 6.57. The molecule has 1 fully saturated rings. The minimum Gasteiger partial charge on any atom is -0.310 e. The number of pyridine rings is 2. The Hall–Kier alpha value is -3.53. The summed E-state index contributed by atoms with van der Waals surface area (Å²) in [5.41, 5.74) is 3.43. The molecule has 0 aliphatic heterocycles. The molecule has 140 valence electrons. The van der Waals surface area contributed by atoms with Crippen molar-refractivity contribution in [1.82, 2.24) is 19.7 Å². The van der Waals surface area contributed by atoms with Crippen LogP contribution < -0.4 is 4.90 Å². The van der Waals surface area contributed by atoms with Gasteiger partial charge in [-0.1, -0.05) is 0 Å². The molecule has 3 aromatic heterocycles. The average Bonchev–Trinajstić information content (AvgIpc) is 3.44. The molecule has 0 atom stereocenters.